The normalized spacial score (nSPS) is 11.7. The highest BCUT2D eigenvalue weighted by Crippen LogP contribution is 2.30. The van der Waals surface area contributed by atoms with Crippen LogP contribution in [0, 0.1) is 6.92 Å². The second kappa shape index (κ2) is 8.64. The van der Waals surface area contributed by atoms with Crippen molar-refractivity contribution < 1.29 is 14.3 Å². The van der Waals surface area contributed by atoms with Gasteiger partial charge >= 0.3 is 0 Å². The molecule has 0 heterocycles. The van der Waals surface area contributed by atoms with Crippen molar-refractivity contribution in [3.63, 3.8) is 0 Å². The van der Waals surface area contributed by atoms with Crippen LogP contribution >= 0.6 is 11.8 Å². The van der Waals surface area contributed by atoms with Crippen molar-refractivity contribution in [3.8, 4) is 11.5 Å². The van der Waals surface area contributed by atoms with Crippen LogP contribution in [0.4, 0.5) is 0 Å². The molecule has 0 fully saturated rings. The van der Waals surface area contributed by atoms with E-state index in [1.807, 2.05) is 56.3 Å². The van der Waals surface area contributed by atoms with Crippen molar-refractivity contribution in [1.29, 1.82) is 0 Å². The van der Waals surface area contributed by atoms with Crippen LogP contribution in [0.15, 0.2) is 47.4 Å². The molecule has 0 aliphatic rings. The Hall–Kier alpha value is -2.14. The number of methoxy groups -OCH3 is 2. The quantitative estimate of drug-likeness (QED) is 0.771. The maximum Gasteiger partial charge on any atom is 0.230 e. The van der Waals surface area contributed by atoms with Gasteiger partial charge in [-0.05, 0) is 43.2 Å². The number of aryl methyl sites for hydroxylation is 1. The molecule has 0 aliphatic carbocycles. The fourth-order valence-corrected chi connectivity index (χ4v) is 3.19. The zero-order chi connectivity index (χ0) is 17.5. The highest BCUT2D eigenvalue weighted by Gasteiger charge is 2.13. The van der Waals surface area contributed by atoms with Gasteiger partial charge in [0, 0.05) is 4.90 Å². The monoisotopic (exact) mass is 345 g/mol. The molecule has 0 bridgehead atoms. The maximum atomic E-state index is 12.2. The highest BCUT2D eigenvalue weighted by molar-refractivity contribution is 8.00. The molecule has 2 rings (SSSR count). The predicted octanol–water partition coefficient (Wildman–Crippen LogP) is 3.98. The van der Waals surface area contributed by atoms with Crippen LogP contribution in [-0.2, 0) is 4.79 Å². The number of carbonyl (C=O) groups excluding carboxylic acids is 1. The molecule has 4 nitrogen and oxygen atoms in total. The third kappa shape index (κ3) is 4.68. The summed E-state index contributed by atoms with van der Waals surface area (Å²) >= 11 is 1.55. The smallest absolute Gasteiger partial charge is 0.230 e. The lowest BCUT2D eigenvalue weighted by molar-refractivity contribution is -0.119. The third-order valence-corrected chi connectivity index (χ3v) is 4.91. The Morgan fingerprint density at radius 3 is 2.50 bits per heavy atom. The molecule has 24 heavy (non-hydrogen) atoms. The van der Waals surface area contributed by atoms with E-state index in [1.165, 1.54) is 5.56 Å². The van der Waals surface area contributed by atoms with E-state index < -0.39 is 0 Å². The molecule has 2 aromatic rings. The molecule has 0 spiro atoms. The number of benzene rings is 2. The molecule has 1 amide bonds. The molecule has 0 aliphatic heterocycles. The average Bonchev–Trinajstić information content (AvgIpc) is 2.60. The van der Waals surface area contributed by atoms with E-state index in [1.54, 1.807) is 26.0 Å². The maximum absolute atomic E-state index is 12.2. The lowest BCUT2D eigenvalue weighted by Gasteiger charge is -2.16. The van der Waals surface area contributed by atoms with E-state index in [2.05, 4.69) is 5.32 Å². The largest absolute Gasteiger partial charge is 0.493 e. The van der Waals surface area contributed by atoms with Crippen molar-refractivity contribution in [2.75, 3.05) is 20.0 Å². The Labute approximate surface area is 147 Å². The summed E-state index contributed by atoms with van der Waals surface area (Å²) < 4.78 is 10.5. The van der Waals surface area contributed by atoms with Crippen LogP contribution in [-0.4, -0.2) is 25.9 Å². The summed E-state index contributed by atoms with van der Waals surface area (Å²) in [5, 5.41) is 3.02. The van der Waals surface area contributed by atoms with Gasteiger partial charge in [-0.3, -0.25) is 4.79 Å². The first kappa shape index (κ1) is 18.2. The Balaban J connectivity index is 1.95. The highest BCUT2D eigenvalue weighted by atomic mass is 32.2. The number of carbonyl (C=O) groups is 1. The number of thioether (sulfide) groups is 1. The number of ether oxygens (including phenoxy) is 2. The minimum atomic E-state index is -0.102. The number of rotatable bonds is 7. The number of hydrogen-bond acceptors (Lipinski definition) is 4. The molecule has 1 unspecified atom stereocenters. The van der Waals surface area contributed by atoms with Crippen LogP contribution in [0.3, 0.4) is 0 Å². The van der Waals surface area contributed by atoms with Crippen LogP contribution in [0.5, 0.6) is 11.5 Å². The number of nitrogens with one attached hydrogen (secondary N) is 1. The predicted molar refractivity (Wildman–Crippen MR) is 98.0 cm³/mol. The second-order valence-electron chi connectivity index (χ2n) is 5.46. The minimum absolute atomic E-state index is 0.00513. The summed E-state index contributed by atoms with van der Waals surface area (Å²) in [6.07, 6.45) is 0. The Bertz CT molecular complexity index is 703. The fraction of sp³-hybridized carbons (Fsp3) is 0.316. The molecule has 0 radical (unpaired) electrons. The van der Waals surface area contributed by atoms with Crippen molar-refractivity contribution in [3.05, 3.63) is 53.6 Å². The average molecular weight is 345 g/mol. The summed E-state index contributed by atoms with van der Waals surface area (Å²) in [5.41, 5.74) is 2.16. The summed E-state index contributed by atoms with van der Waals surface area (Å²) in [4.78, 5) is 13.3. The van der Waals surface area contributed by atoms with Gasteiger partial charge in [0.05, 0.1) is 26.0 Å². The van der Waals surface area contributed by atoms with E-state index in [4.69, 9.17) is 9.47 Å². The van der Waals surface area contributed by atoms with E-state index in [0.29, 0.717) is 17.3 Å². The molecule has 0 saturated heterocycles. The van der Waals surface area contributed by atoms with E-state index >= 15 is 0 Å². The molecule has 2 aromatic carbocycles. The van der Waals surface area contributed by atoms with Gasteiger partial charge in [0.1, 0.15) is 0 Å². The van der Waals surface area contributed by atoms with Gasteiger partial charge in [0.15, 0.2) is 11.5 Å². The first-order chi connectivity index (χ1) is 11.5. The van der Waals surface area contributed by atoms with Crippen molar-refractivity contribution in [1.82, 2.24) is 5.32 Å². The van der Waals surface area contributed by atoms with Gasteiger partial charge in [-0.25, -0.2) is 0 Å². The SMILES string of the molecule is COc1ccc(C(C)NC(=O)CSc2ccccc2C)cc1OC. The van der Waals surface area contributed by atoms with E-state index in [9.17, 15) is 4.79 Å². The molecular weight excluding hydrogens is 322 g/mol. The van der Waals surface area contributed by atoms with Gasteiger partial charge in [0.2, 0.25) is 5.91 Å². The van der Waals surface area contributed by atoms with E-state index in [0.717, 1.165) is 10.5 Å². The second-order valence-corrected chi connectivity index (χ2v) is 6.47. The Morgan fingerprint density at radius 1 is 1.12 bits per heavy atom. The molecular formula is C19H23NO3S. The molecule has 1 N–H and O–H groups in total. The van der Waals surface area contributed by atoms with Crippen molar-refractivity contribution >= 4 is 17.7 Å². The van der Waals surface area contributed by atoms with Gasteiger partial charge in [-0.15, -0.1) is 11.8 Å². The zero-order valence-corrected chi connectivity index (χ0v) is 15.3. The summed E-state index contributed by atoms with van der Waals surface area (Å²) in [6, 6.07) is 13.6. The third-order valence-electron chi connectivity index (χ3n) is 3.74. The van der Waals surface area contributed by atoms with Crippen molar-refractivity contribution in [2.45, 2.75) is 24.8 Å². The number of hydrogen-bond donors (Lipinski definition) is 1. The van der Waals surface area contributed by atoms with Crippen LogP contribution < -0.4 is 14.8 Å². The molecule has 128 valence electrons. The molecule has 0 aromatic heterocycles. The van der Waals surface area contributed by atoms with Crippen LogP contribution in [0.1, 0.15) is 24.1 Å². The summed E-state index contributed by atoms with van der Waals surface area (Å²) in [7, 11) is 3.20. The molecule has 5 heteroatoms. The Morgan fingerprint density at radius 2 is 1.83 bits per heavy atom. The summed E-state index contributed by atoms with van der Waals surface area (Å²) in [5.74, 6) is 1.73. The van der Waals surface area contributed by atoms with Gasteiger partial charge < -0.3 is 14.8 Å². The fourth-order valence-electron chi connectivity index (χ4n) is 2.35. The first-order valence-electron chi connectivity index (χ1n) is 7.75. The minimum Gasteiger partial charge on any atom is -0.493 e. The Kier molecular flexibility index (Phi) is 6.55. The standard InChI is InChI=1S/C19H23NO3S/c1-13-7-5-6-8-18(13)24-12-19(21)20-14(2)15-9-10-16(22-3)17(11-15)23-4/h5-11,14H,12H2,1-4H3,(H,20,21). The zero-order valence-electron chi connectivity index (χ0n) is 14.5. The topological polar surface area (TPSA) is 47.6 Å². The lowest BCUT2D eigenvalue weighted by atomic mass is 10.1. The number of amides is 1. The van der Waals surface area contributed by atoms with Gasteiger partial charge in [0.25, 0.3) is 0 Å². The van der Waals surface area contributed by atoms with Gasteiger partial charge in [-0.2, -0.15) is 0 Å². The van der Waals surface area contributed by atoms with E-state index in [-0.39, 0.29) is 11.9 Å². The first-order valence-corrected chi connectivity index (χ1v) is 8.73. The van der Waals surface area contributed by atoms with Crippen molar-refractivity contribution in [2.24, 2.45) is 0 Å². The van der Waals surface area contributed by atoms with Crippen LogP contribution in [0.2, 0.25) is 0 Å². The van der Waals surface area contributed by atoms with Gasteiger partial charge in [-0.1, -0.05) is 24.3 Å². The molecule has 0 saturated carbocycles. The summed E-state index contributed by atoms with van der Waals surface area (Å²) in [6.45, 7) is 4.00. The molecule has 1 atom stereocenters. The lowest BCUT2D eigenvalue weighted by Crippen LogP contribution is -2.28. The van der Waals surface area contributed by atoms with Crippen LogP contribution in [0.25, 0.3) is 0 Å².